The molecular weight excluding hydrogens is 387 g/mol. The third-order valence-electron chi connectivity index (χ3n) is 3.58. The SMILES string of the molecule is CCCN(C1CCNCC1)S(=O)(=O)c1ccc(I)cc1. The Kier molecular flexibility index (Phi) is 5.83. The zero-order valence-corrected chi connectivity index (χ0v) is 14.7. The summed E-state index contributed by atoms with van der Waals surface area (Å²) in [5.74, 6) is 0. The summed E-state index contributed by atoms with van der Waals surface area (Å²) in [5.41, 5.74) is 0. The average Bonchev–Trinajstić information content (AvgIpc) is 2.46. The van der Waals surface area contributed by atoms with Crippen molar-refractivity contribution in [1.29, 1.82) is 0 Å². The van der Waals surface area contributed by atoms with E-state index in [0.29, 0.717) is 11.4 Å². The lowest BCUT2D eigenvalue weighted by Crippen LogP contribution is -2.46. The first-order valence-electron chi connectivity index (χ1n) is 7.04. The summed E-state index contributed by atoms with van der Waals surface area (Å²) in [6.07, 6.45) is 2.63. The minimum atomic E-state index is -3.38. The lowest BCUT2D eigenvalue weighted by molar-refractivity contribution is 0.262. The summed E-state index contributed by atoms with van der Waals surface area (Å²) < 4.78 is 28.4. The topological polar surface area (TPSA) is 49.4 Å². The van der Waals surface area contributed by atoms with Gasteiger partial charge in [0.25, 0.3) is 0 Å². The summed E-state index contributed by atoms with van der Waals surface area (Å²) in [5, 5.41) is 3.29. The number of hydrogen-bond acceptors (Lipinski definition) is 3. The van der Waals surface area contributed by atoms with Gasteiger partial charge in [0.2, 0.25) is 10.0 Å². The average molecular weight is 408 g/mol. The Hall–Kier alpha value is -0.180. The van der Waals surface area contributed by atoms with Gasteiger partial charge in [-0.05, 0) is 79.2 Å². The largest absolute Gasteiger partial charge is 0.317 e. The number of sulfonamides is 1. The molecule has 1 fully saturated rings. The smallest absolute Gasteiger partial charge is 0.243 e. The Balaban J connectivity index is 2.28. The molecule has 2 rings (SSSR count). The van der Waals surface area contributed by atoms with Crippen LogP contribution in [0.2, 0.25) is 0 Å². The minimum Gasteiger partial charge on any atom is -0.317 e. The van der Waals surface area contributed by atoms with E-state index in [1.165, 1.54) is 0 Å². The van der Waals surface area contributed by atoms with Crippen molar-refractivity contribution in [3.8, 4) is 0 Å². The standard InChI is InChI=1S/C14H21IN2O2S/c1-2-11-17(13-7-9-16-10-8-13)20(18,19)14-5-3-12(15)4-6-14/h3-6,13,16H,2,7-11H2,1H3. The van der Waals surface area contributed by atoms with Gasteiger partial charge in [-0.1, -0.05) is 6.92 Å². The Bertz CT molecular complexity index is 525. The maximum absolute atomic E-state index is 12.8. The molecule has 6 heteroatoms. The molecule has 1 saturated heterocycles. The number of nitrogens with zero attached hydrogens (tertiary/aromatic N) is 1. The van der Waals surface area contributed by atoms with Crippen LogP contribution in [0.15, 0.2) is 29.2 Å². The number of nitrogens with one attached hydrogen (secondary N) is 1. The Morgan fingerprint density at radius 1 is 1.25 bits per heavy atom. The first-order chi connectivity index (χ1) is 9.55. The fraction of sp³-hybridized carbons (Fsp3) is 0.571. The maximum atomic E-state index is 12.8. The normalized spacial score (nSPS) is 17.6. The molecule has 0 unspecified atom stereocenters. The van der Waals surface area contributed by atoms with Gasteiger partial charge in [0, 0.05) is 16.2 Å². The van der Waals surface area contributed by atoms with E-state index in [2.05, 4.69) is 27.9 Å². The summed E-state index contributed by atoms with van der Waals surface area (Å²) in [6, 6.07) is 7.24. The lowest BCUT2D eigenvalue weighted by Gasteiger charge is -2.33. The van der Waals surface area contributed by atoms with Gasteiger partial charge in [-0.15, -0.1) is 0 Å². The number of piperidine rings is 1. The molecule has 1 aromatic carbocycles. The number of hydrogen-bond donors (Lipinski definition) is 1. The van der Waals surface area contributed by atoms with Gasteiger partial charge in [-0.2, -0.15) is 4.31 Å². The van der Waals surface area contributed by atoms with Crippen molar-refractivity contribution in [2.75, 3.05) is 19.6 Å². The van der Waals surface area contributed by atoms with Gasteiger partial charge in [0.05, 0.1) is 4.90 Å². The van der Waals surface area contributed by atoms with E-state index in [9.17, 15) is 8.42 Å². The van der Waals surface area contributed by atoms with Crippen molar-refractivity contribution in [2.45, 2.75) is 37.1 Å². The predicted molar refractivity (Wildman–Crippen MR) is 89.2 cm³/mol. The minimum absolute atomic E-state index is 0.125. The highest BCUT2D eigenvalue weighted by Gasteiger charge is 2.31. The monoisotopic (exact) mass is 408 g/mol. The zero-order chi connectivity index (χ0) is 14.6. The van der Waals surface area contributed by atoms with Crippen molar-refractivity contribution in [3.63, 3.8) is 0 Å². The zero-order valence-electron chi connectivity index (χ0n) is 11.7. The van der Waals surface area contributed by atoms with Crippen LogP contribution in [0.4, 0.5) is 0 Å². The van der Waals surface area contributed by atoms with Gasteiger partial charge >= 0.3 is 0 Å². The highest BCUT2D eigenvalue weighted by atomic mass is 127. The first kappa shape index (κ1) is 16.2. The van der Waals surface area contributed by atoms with Crippen molar-refractivity contribution in [2.24, 2.45) is 0 Å². The predicted octanol–water partition coefficient (Wildman–Crippen LogP) is 2.44. The molecule has 1 N–H and O–H groups in total. The molecule has 0 saturated carbocycles. The van der Waals surface area contributed by atoms with Crippen LogP contribution in [0.1, 0.15) is 26.2 Å². The molecular formula is C14H21IN2O2S. The molecule has 0 aromatic heterocycles. The van der Waals surface area contributed by atoms with Crippen molar-refractivity contribution >= 4 is 32.6 Å². The van der Waals surface area contributed by atoms with Crippen molar-refractivity contribution in [1.82, 2.24) is 9.62 Å². The fourth-order valence-corrected chi connectivity index (χ4v) is 4.69. The molecule has 1 heterocycles. The van der Waals surface area contributed by atoms with Gasteiger partial charge in [-0.25, -0.2) is 8.42 Å². The summed E-state index contributed by atoms with van der Waals surface area (Å²) in [6.45, 7) is 4.41. The van der Waals surface area contributed by atoms with E-state index in [0.717, 1.165) is 35.9 Å². The maximum Gasteiger partial charge on any atom is 0.243 e. The molecule has 20 heavy (non-hydrogen) atoms. The van der Waals surface area contributed by atoms with Gasteiger partial charge < -0.3 is 5.32 Å². The Morgan fingerprint density at radius 3 is 2.40 bits per heavy atom. The third-order valence-corrected chi connectivity index (χ3v) is 6.27. The van der Waals surface area contributed by atoms with Crippen LogP contribution >= 0.6 is 22.6 Å². The molecule has 1 aromatic rings. The Labute approximate surface area is 135 Å². The molecule has 4 nitrogen and oxygen atoms in total. The van der Waals surface area contributed by atoms with E-state index in [1.54, 1.807) is 16.4 Å². The van der Waals surface area contributed by atoms with Gasteiger partial charge in [0.1, 0.15) is 0 Å². The van der Waals surface area contributed by atoms with Crippen LogP contribution in [0, 0.1) is 3.57 Å². The second-order valence-corrected chi connectivity index (χ2v) is 8.19. The molecule has 112 valence electrons. The van der Waals surface area contributed by atoms with Gasteiger partial charge in [0.15, 0.2) is 0 Å². The number of benzene rings is 1. The van der Waals surface area contributed by atoms with Gasteiger partial charge in [-0.3, -0.25) is 0 Å². The van der Waals surface area contributed by atoms with E-state index in [1.807, 2.05) is 19.1 Å². The molecule has 0 amide bonds. The molecule has 0 radical (unpaired) electrons. The summed E-state index contributed by atoms with van der Waals surface area (Å²) in [7, 11) is -3.38. The molecule has 0 bridgehead atoms. The van der Waals surface area contributed by atoms with Crippen LogP contribution in [0.3, 0.4) is 0 Å². The molecule has 0 aliphatic carbocycles. The van der Waals surface area contributed by atoms with Crippen molar-refractivity contribution in [3.05, 3.63) is 27.8 Å². The van der Waals surface area contributed by atoms with Crippen LogP contribution < -0.4 is 5.32 Å². The van der Waals surface area contributed by atoms with E-state index < -0.39 is 10.0 Å². The number of halogens is 1. The highest BCUT2D eigenvalue weighted by molar-refractivity contribution is 14.1. The third kappa shape index (κ3) is 3.72. The van der Waals surface area contributed by atoms with Crippen LogP contribution in [-0.4, -0.2) is 38.4 Å². The summed E-state index contributed by atoms with van der Waals surface area (Å²) >= 11 is 2.19. The van der Waals surface area contributed by atoms with Crippen LogP contribution in [0.25, 0.3) is 0 Å². The first-order valence-corrected chi connectivity index (χ1v) is 9.55. The van der Waals surface area contributed by atoms with Crippen LogP contribution in [-0.2, 0) is 10.0 Å². The van der Waals surface area contributed by atoms with E-state index >= 15 is 0 Å². The lowest BCUT2D eigenvalue weighted by atomic mass is 10.1. The highest BCUT2D eigenvalue weighted by Crippen LogP contribution is 2.23. The molecule has 1 aliphatic heterocycles. The molecule has 0 atom stereocenters. The molecule has 1 aliphatic rings. The van der Waals surface area contributed by atoms with E-state index in [4.69, 9.17) is 0 Å². The van der Waals surface area contributed by atoms with Crippen LogP contribution in [0.5, 0.6) is 0 Å². The second-order valence-electron chi connectivity index (χ2n) is 5.05. The van der Waals surface area contributed by atoms with E-state index in [-0.39, 0.29) is 6.04 Å². The fourth-order valence-electron chi connectivity index (χ4n) is 2.56. The second kappa shape index (κ2) is 7.20. The Morgan fingerprint density at radius 2 is 1.85 bits per heavy atom. The van der Waals surface area contributed by atoms with Crippen molar-refractivity contribution < 1.29 is 8.42 Å². The summed E-state index contributed by atoms with van der Waals surface area (Å²) in [4.78, 5) is 0.407. The number of rotatable bonds is 5. The quantitative estimate of drug-likeness (QED) is 0.762. The molecule has 0 spiro atoms.